The quantitative estimate of drug-likeness (QED) is 0.496. The van der Waals surface area contributed by atoms with E-state index in [1.807, 2.05) is 13.8 Å². The molecule has 2 rings (SSSR count). The zero-order valence-corrected chi connectivity index (χ0v) is 20.2. The molecule has 34 heavy (non-hydrogen) atoms. The van der Waals surface area contributed by atoms with Crippen LogP contribution in [0.1, 0.15) is 50.5 Å². The third-order valence-electron chi connectivity index (χ3n) is 4.19. The number of esters is 1. The van der Waals surface area contributed by atoms with Crippen molar-refractivity contribution in [2.45, 2.75) is 46.8 Å². The Balaban J connectivity index is 1.84. The summed E-state index contributed by atoms with van der Waals surface area (Å²) in [6.45, 7) is 9.81. The fraction of sp³-hybridized carbons (Fsp3) is 0.400. The molecule has 184 valence electrons. The molecule has 9 heteroatoms. The van der Waals surface area contributed by atoms with Crippen LogP contribution in [0, 0.1) is 0 Å². The average Bonchev–Trinajstić information content (AvgIpc) is 2.77. The molecule has 0 atom stereocenters. The highest BCUT2D eigenvalue weighted by atomic mass is 16.6. The average molecular weight is 473 g/mol. The molecule has 0 saturated heterocycles. The van der Waals surface area contributed by atoms with E-state index in [4.69, 9.17) is 18.9 Å². The van der Waals surface area contributed by atoms with Crippen molar-refractivity contribution in [1.29, 1.82) is 0 Å². The standard InChI is InChI=1S/C25H32N2O7/c1-6-31-20-13-12-19(14-21(20)32-7-2)27-22(28)16-33-23(29)18-10-8-17(9-11-18)15-26-24(30)34-25(3,4)5/h8-14H,6-7,15-16H2,1-5H3,(H,26,30)(H,27,28). The zero-order valence-electron chi connectivity index (χ0n) is 20.2. The Bertz CT molecular complexity index is 982. The highest BCUT2D eigenvalue weighted by Crippen LogP contribution is 2.30. The summed E-state index contributed by atoms with van der Waals surface area (Å²) in [4.78, 5) is 36.2. The molecule has 2 aromatic rings. The highest BCUT2D eigenvalue weighted by molar-refractivity contribution is 5.95. The molecule has 2 N–H and O–H groups in total. The topological polar surface area (TPSA) is 112 Å². The molecule has 0 aliphatic heterocycles. The van der Waals surface area contributed by atoms with Crippen LogP contribution in [0.15, 0.2) is 42.5 Å². The summed E-state index contributed by atoms with van der Waals surface area (Å²) in [7, 11) is 0. The fourth-order valence-corrected chi connectivity index (χ4v) is 2.79. The summed E-state index contributed by atoms with van der Waals surface area (Å²) in [6, 6.07) is 11.5. The number of anilines is 1. The molecule has 0 aliphatic carbocycles. The van der Waals surface area contributed by atoms with Gasteiger partial charge >= 0.3 is 12.1 Å². The van der Waals surface area contributed by atoms with E-state index in [0.717, 1.165) is 5.56 Å². The Morgan fingerprint density at radius 1 is 0.882 bits per heavy atom. The van der Waals surface area contributed by atoms with E-state index >= 15 is 0 Å². The third kappa shape index (κ3) is 9.01. The van der Waals surface area contributed by atoms with E-state index in [2.05, 4.69) is 10.6 Å². The lowest BCUT2D eigenvalue weighted by Gasteiger charge is -2.19. The van der Waals surface area contributed by atoms with Gasteiger partial charge in [0.15, 0.2) is 18.1 Å². The van der Waals surface area contributed by atoms with Gasteiger partial charge in [-0.3, -0.25) is 4.79 Å². The van der Waals surface area contributed by atoms with Crippen molar-refractivity contribution in [2.24, 2.45) is 0 Å². The lowest BCUT2D eigenvalue weighted by molar-refractivity contribution is -0.119. The fourth-order valence-electron chi connectivity index (χ4n) is 2.79. The number of carbonyl (C=O) groups is 3. The van der Waals surface area contributed by atoms with E-state index < -0.39 is 30.2 Å². The first kappa shape index (κ1) is 26.5. The summed E-state index contributed by atoms with van der Waals surface area (Å²) < 4.78 is 21.3. The van der Waals surface area contributed by atoms with Crippen molar-refractivity contribution in [3.63, 3.8) is 0 Å². The predicted octanol–water partition coefficient (Wildman–Crippen LogP) is 4.30. The number of carbonyl (C=O) groups excluding carboxylic acids is 3. The van der Waals surface area contributed by atoms with Crippen molar-refractivity contribution >= 4 is 23.7 Å². The molecule has 0 fully saturated rings. The SMILES string of the molecule is CCOc1ccc(NC(=O)COC(=O)c2ccc(CNC(=O)OC(C)(C)C)cc2)cc1OCC. The minimum atomic E-state index is -0.636. The molecule has 0 unspecified atom stereocenters. The Morgan fingerprint density at radius 2 is 1.53 bits per heavy atom. The van der Waals surface area contributed by atoms with Crippen molar-refractivity contribution in [2.75, 3.05) is 25.1 Å². The van der Waals surface area contributed by atoms with E-state index in [-0.39, 0.29) is 12.1 Å². The Kier molecular flexibility index (Phi) is 9.73. The largest absolute Gasteiger partial charge is 0.490 e. The molecule has 0 radical (unpaired) electrons. The van der Waals surface area contributed by atoms with Crippen LogP contribution in [0.5, 0.6) is 11.5 Å². The second-order valence-electron chi connectivity index (χ2n) is 8.20. The van der Waals surface area contributed by atoms with Crippen LogP contribution in [0.4, 0.5) is 10.5 Å². The summed E-state index contributed by atoms with van der Waals surface area (Å²) in [5.41, 5.74) is 0.978. The minimum absolute atomic E-state index is 0.248. The number of hydrogen-bond donors (Lipinski definition) is 2. The maximum absolute atomic E-state index is 12.3. The number of nitrogens with one attached hydrogen (secondary N) is 2. The Labute approximate surface area is 199 Å². The van der Waals surface area contributed by atoms with Crippen molar-refractivity contribution in [3.05, 3.63) is 53.6 Å². The van der Waals surface area contributed by atoms with Gasteiger partial charge in [-0.2, -0.15) is 0 Å². The van der Waals surface area contributed by atoms with Crippen LogP contribution in [-0.4, -0.2) is 43.4 Å². The molecule has 0 saturated carbocycles. The lowest BCUT2D eigenvalue weighted by atomic mass is 10.1. The van der Waals surface area contributed by atoms with Gasteiger partial charge in [0, 0.05) is 18.3 Å². The normalized spacial score (nSPS) is 10.7. The summed E-state index contributed by atoms with van der Waals surface area (Å²) in [5.74, 6) is -0.0273. The van der Waals surface area contributed by atoms with Crippen molar-refractivity contribution in [3.8, 4) is 11.5 Å². The molecule has 9 nitrogen and oxygen atoms in total. The smallest absolute Gasteiger partial charge is 0.407 e. The van der Waals surface area contributed by atoms with Gasteiger partial charge in [0.05, 0.1) is 18.8 Å². The highest BCUT2D eigenvalue weighted by Gasteiger charge is 2.16. The van der Waals surface area contributed by atoms with Crippen molar-refractivity contribution in [1.82, 2.24) is 5.32 Å². The van der Waals surface area contributed by atoms with Gasteiger partial charge in [-0.15, -0.1) is 0 Å². The molecule has 0 aliphatic rings. The second-order valence-corrected chi connectivity index (χ2v) is 8.20. The number of alkyl carbamates (subject to hydrolysis) is 1. The molecule has 2 amide bonds. The van der Waals surface area contributed by atoms with Crippen LogP contribution in [0.25, 0.3) is 0 Å². The Morgan fingerprint density at radius 3 is 2.15 bits per heavy atom. The molecule has 0 heterocycles. The molecular formula is C25H32N2O7. The van der Waals surface area contributed by atoms with Gasteiger partial charge in [0.2, 0.25) is 0 Å². The van der Waals surface area contributed by atoms with Gasteiger partial charge in [0.1, 0.15) is 5.60 Å². The van der Waals surface area contributed by atoms with E-state index in [1.165, 1.54) is 0 Å². The van der Waals surface area contributed by atoms with Gasteiger partial charge in [-0.05, 0) is 64.4 Å². The van der Waals surface area contributed by atoms with E-state index in [9.17, 15) is 14.4 Å². The first-order valence-corrected chi connectivity index (χ1v) is 11.0. The van der Waals surface area contributed by atoms with Gasteiger partial charge in [0.25, 0.3) is 5.91 Å². The molecule has 2 aromatic carbocycles. The molecular weight excluding hydrogens is 440 g/mol. The number of rotatable bonds is 10. The van der Waals surface area contributed by atoms with Crippen LogP contribution in [-0.2, 0) is 20.8 Å². The molecule has 0 spiro atoms. The summed E-state index contributed by atoms with van der Waals surface area (Å²) >= 11 is 0. The minimum Gasteiger partial charge on any atom is -0.490 e. The van der Waals surface area contributed by atoms with Gasteiger partial charge < -0.3 is 29.6 Å². The lowest BCUT2D eigenvalue weighted by Crippen LogP contribution is -2.32. The maximum atomic E-state index is 12.3. The molecule has 0 bridgehead atoms. The second kappa shape index (κ2) is 12.5. The maximum Gasteiger partial charge on any atom is 0.407 e. The number of ether oxygens (including phenoxy) is 4. The summed E-state index contributed by atoms with van der Waals surface area (Å²) in [5, 5.41) is 5.31. The van der Waals surface area contributed by atoms with Crippen LogP contribution >= 0.6 is 0 Å². The van der Waals surface area contributed by atoms with Gasteiger partial charge in [-0.25, -0.2) is 9.59 Å². The number of hydrogen-bond acceptors (Lipinski definition) is 7. The van der Waals surface area contributed by atoms with Crippen molar-refractivity contribution < 1.29 is 33.3 Å². The van der Waals surface area contributed by atoms with E-state index in [0.29, 0.717) is 30.4 Å². The van der Waals surface area contributed by atoms with Crippen LogP contribution in [0.2, 0.25) is 0 Å². The number of amides is 2. The van der Waals surface area contributed by atoms with E-state index in [1.54, 1.807) is 63.2 Å². The monoisotopic (exact) mass is 472 g/mol. The predicted molar refractivity (Wildman–Crippen MR) is 127 cm³/mol. The Hall–Kier alpha value is -3.75. The zero-order chi connectivity index (χ0) is 25.1. The third-order valence-corrected chi connectivity index (χ3v) is 4.19. The summed E-state index contributed by atoms with van der Waals surface area (Å²) in [6.07, 6.45) is -0.525. The first-order chi connectivity index (χ1) is 16.1. The van der Waals surface area contributed by atoms with Gasteiger partial charge in [-0.1, -0.05) is 12.1 Å². The molecule has 0 aromatic heterocycles. The first-order valence-electron chi connectivity index (χ1n) is 11.0. The number of benzene rings is 2. The van der Waals surface area contributed by atoms with Crippen LogP contribution in [0.3, 0.4) is 0 Å². The van der Waals surface area contributed by atoms with Crippen LogP contribution < -0.4 is 20.1 Å².